The fourth-order valence-electron chi connectivity index (χ4n) is 2.47. The van der Waals surface area contributed by atoms with E-state index >= 15 is 0 Å². The predicted molar refractivity (Wildman–Crippen MR) is 89.5 cm³/mol. The summed E-state index contributed by atoms with van der Waals surface area (Å²) in [6, 6.07) is 13.9. The van der Waals surface area contributed by atoms with E-state index in [1.54, 1.807) is 48.5 Å². The van der Waals surface area contributed by atoms with Gasteiger partial charge in [0.25, 0.3) is 0 Å². The van der Waals surface area contributed by atoms with Gasteiger partial charge in [0.2, 0.25) is 0 Å². The van der Waals surface area contributed by atoms with Crippen LogP contribution in [0.4, 0.5) is 0 Å². The van der Waals surface area contributed by atoms with E-state index in [4.69, 9.17) is 4.74 Å². The molecule has 0 aliphatic rings. The Kier molecular flexibility index (Phi) is 5.95. The van der Waals surface area contributed by atoms with Gasteiger partial charge in [-0.05, 0) is 48.7 Å². The SMILES string of the molecule is CCOc1cccc(C(Cc2ccc(C(=O)OC)cc2)C(=O)O)c1. The van der Waals surface area contributed by atoms with Crippen molar-refractivity contribution in [2.75, 3.05) is 13.7 Å². The number of ether oxygens (including phenoxy) is 2. The molecule has 2 rings (SSSR count). The molecule has 0 aliphatic carbocycles. The van der Waals surface area contributed by atoms with Gasteiger partial charge < -0.3 is 14.6 Å². The molecule has 2 aromatic carbocycles. The van der Waals surface area contributed by atoms with Crippen molar-refractivity contribution >= 4 is 11.9 Å². The predicted octanol–water partition coefficient (Wildman–Crippen LogP) is 3.28. The van der Waals surface area contributed by atoms with Crippen LogP contribution in [0.2, 0.25) is 0 Å². The van der Waals surface area contributed by atoms with Gasteiger partial charge in [-0.15, -0.1) is 0 Å². The number of esters is 1. The standard InChI is InChI=1S/C19H20O5/c1-3-24-16-6-4-5-15(12-16)17(18(20)21)11-13-7-9-14(10-8-13)19(22)23-2/h4-10,12,17H,3,11H2,1-2H3,(H,20,21). The number of hydrogen-bond donors (Lipinski definition) is 1. The van der Waals surface area contributed by atoms with Crippen LogP contribution < -0.4 is 4.74 Å². The van der Waals surface area contributed by atoms with Gasteiger partial charge in [0.1, 0.15) is 5.75 Å². The zero-order chi connectivity index (χ0) is 17.5. The highest BCUT2D eigenvalue weighted by Gasteiger charge is 2.21. The molecule has 0 amide bonds. The number of carbonyl (C=O) groups is 2. The summed E-state index contributed by atoms with van der Waals surface area (Å²) in [7, 11) is 1.32. The lowest BCUT2D eigenvalue weighted by atomic mass is 9.91. The topological polar surface area (TPSA) is 72.8 Å². The molecule has 5 heteroatoms. The molecule has 0 heterocycles. The Morgan fingerprint density at radius 3 is 2.42 bits per heavy atom. The van der Waals surface area contributed by atoms with E-state index in [2.05, 4.69) is 4.74 Å². The lowest BCUT2D eigenvalue weighted by molar-refractivity contribution is -0.138. The largest absolute Gasteiger partial charge is 0.494 e. The molecule has 0 aliphatic heterocycles. The van der Waals surface area contributed by atoms with Gasteiger partial charge in [-0.2, -0.15) is 0 Å². The summed E-state index contributed by atoms with van der Waals surface area (Å²) in [6.45, 7) is 2.40. The number of methoxy groups -OCH3 is 1. The van der Waals surface area contributed by atoms with Crippen LogP contribution >= 0.6 is 0 Å². The van der Waals surface area contributed by atoms with Gasteiger partial charge in [0, 0.05) is 0 Å². The zero-order valence-corrected chi connectivity index (χ0v) is 13.7. The van der Waals surface area contributed by atoms with Gasteiger partial charge >= 0.3 is 11.9 Å². The van der Waals surface area contributed by atoms with Crippen LogP contribution in [0.15, 0.2) is 48.5 Å². The normalized spacial score (nSPS) is 11.6. The molecular formula is C19H20O5. The molecule has 1 atom stereocenters. The summed E-state index contributed by atoms with van der Waals surface area (Å²) < 4.78 is 10.1. The van der Waals surface area contributed by atoms with Crippen LogP contribution in [0, 0.1) is 0 Å². The van der Waals surface area contributed by atoms with Crippen molar-refractivity contribution < 1.29 is 24.2 Å². The summed E-state index contributed by atoms with van der Waals surface area (Å²) >= 11 is 0. The second kappa shape index (κ2) is 8.15. The Balaban J connectivity index is 2.21. The molecule has 5 nitrogen and oxygen atoms in total. The highest BCUT2D eigenvalue weighted by atomic mass is 16.5. The van der Waals surface area contributed by atoms with Crippen LogP contribution in [0.3, 0.4) is 0 Å². The number of carbonyl (C=O) groups excluding carboxylic acids is 1. The van der Waals surface area contributed by atoms with Crippen LogP contribution in [0.1, 0.15) is 34.3 Å². The molecule has 0 aromatic heterocycles. The minimum atomic E-state index is -0.902. The molecule has 0 radical (unpaired) electrons. The average Bonchev–Trinajstić information content (AvgIpc) is 2.59. The number of carboxylic acids is 1. The highest BCUT2D eigenvalue weighted by Crippen LogP contribution is 2.25. The first-order valence-electron chi connectivity index (χ1n) is 7.68. The first kappa shape index (κ1) is 17.5. The lowest BCUT2D eigenvalue weighted by Crippen LogP contribution is -2.14. The summed E-state index contributed by atoms with van der Waals surface area (Å²) in [5.41, 5.74) is 1.95. The molecule has 0 bridgehead atoms. The molecule has 0 saturated heterocycles. The third kappa shape index (κ3) is 4.35. The van der Waals surface area contributed by atoms with E-state index in [9.17, 15) is 14.7 Å². The molecule has 1 N–H and O–H groups in total. The van der Waals surface area contributed by atoms with Gasteiger partial charge in [-0.1, -0.05) is 24.3 Å². The quantitative estimate of drug-likeness (QED) is 0.790. The summed E-state index contributed by atoms with van der Waals surface area (Å²) in [5, 5.41) is 9.57. The third-order valence-electron chi connectivity index (χ3n) is 3.68. The van der Waals surface area contributed by atoms with Crippen LogP contribution in [0.25, 0.3) is 0 Å². The maximum Gasteiger partial charge on any atom is 0.337 e. The highest BCUT2D eigenvalue weighted by molar-refractivity contribution is 5.89. The van der Waals surface area contributed by atoms with Crippen molar-refractivity contribution in [3.8, 4) is 5.75 Å². The van der Waals surface area contributed by atoms with Crippen LogP contribution in [-0.2, 0) is 16.0 Å². The average molecular weight is 328 g/mol. The van der Waals surface area contributed by atoms with E-state index < -0.39 is 17.9 Å². The first-order chi connectivity index (χ1) is 11.5. The van der Waals surface area contributed by atoms with E-state index in [-0.39, 0.29) is 0 Å². The first-order valence-corrected chi connectivity index (χ1v) is 7.68. The molecule has 2 aromatic rings. The number of aliphatic carboxylic acids is 1. The Hall–Kier alpha value is -2.82. The van der Waals surface area contributed by atoms with Crippen molar-refractivity contribution in [2.24, 2.45) is 0 Å². The second-order valence-electron chi connectivity index (χ2n) is 5.29. The smallest absolute Gasteiger partial charge is 0.337 e. The Bertz CT molecular complexity index is 706. The van der Waals surface area contributed by atoms with Crippen molar-refractivity contribution in [1.82, 2.24) is 0 Å². The Morgan fingerprint density at radius 2 is 1.83 bits per heavy atom. The van der Waals surface area contributed by atoms with Crippen molar-refractivity contribution in [3.05, 3.63) is 65.2 Å². The van der Waals surface area contributed by atoms with Crippen molar-refractivity contribution in [1.29, 1.82) is 0 Å². The summed E-state index contributed by atoms with van der Waals surface area (Å²) in [5.74, 6) is -1.35. The minimum absolute atomic E-state index is 0.326. The summed E-state index contributed by atoms with van der Waals surface area (Å²) in [4.78, 5) is 23.1. The van der Waals surface area contributed by atoms with Crippen LogP contribution in [0.5, 0.6) is 5.75 Å². The Labute approximate surface area is 140 Å². The molecule has 0 fully saturated rings. The number of hydrogen-bond acceptors (Lipinski definition) is 4. The third-order valence-corrected chi connectivity index (χ3v) is 3.68. The van der Waals surface area contributed by atoms with Crippen molar-refractivity contribution in [3.63, 3.8) is 0 Å². The molecular weight excluding hydrogens is 308 g/mol. The van der Waals surface area contributed by atoms with Gasteiger partial charge in [-0.25, -0.2) is 4.79 Å². The van der Waals surface area contributed by atoms with E-state index in [0.717, 1.165) is 5.56 Å². The molecule has 24 heavy (non-hydrogen) atoms. The van der Waals surface area contributed by atoms with E-state index in [0.29, 0.717) is 29.9 Å². The van der Waals surface area contributed by atoms with Gasteiger partial charge in [-0.3, -0.25) is 4.79 Å². The number of benzene rings is 2. The van der Waals surface area contributed by atoms with Gasteiger partial charge in [0.15, 0.2) is 0 Å². The maximum absolute atomic E-state index is 11.7. The number of carboxylic acid groups (broad SMARTS) is 1. The molecule has 0 saturated carbocycles. The number of rotatable bonds is 7. The van der Waals surface area contributed by atoms with Crippen LogP contribution in [-0.4, -0.2) is 30.8 Å². The van der Waals surface area contributed by atoms with E-state index in [1.165, 1.54) is 7.11 Å². The fraction of sp³-hybridized carbons (Fsp3) is 0.263. The Morgan fingerprint density at radius 1 is 1.12 bits per heavy atom. The zero-order valence-electron chi connectivity index (χ0n) is 13.7. The van der Waals surface area contributed by atoms with E-state index in [1.807, 2.05) is 6.92 Å². The second-order valence-corrected chi connectivity index (χ2v) is 5.29. The molecule has 126 valence electrons. The summed E-state index contributed by atoms with van der Waals surface area (Å²) in [6.07, 6.45) is 0.326. The fourth-order valence-corrected chi connectivity index (χ4v) is 2.47. The minimum Gasteiger partial charge on any atom is -0.494 e. The molecule has 0 spiro atoms. The van der Waals surface area contributed by atoms with Gasteiger partial charge in [0.05, 0.1) is 25.2 Å². The maximum atomic E-state index is 11.7. The van der Waals surface area contributed by atoms with Crippen molar-refractivity contribution in [2.45, 2.75) is 19.3 Å². The monoisotopic (exact) mass is 328 g/mol. The lowest BCUT2D eigenvalue weighted by Gasteiger charge is -2.14. The molecule has 1 unspecified atom stereocenters.